The van der Waals surface area contributed by atoms with Gasteiger partial charge in [-0.3, -0.25) is 0 Å². The molecule has 0 aliphatic heterocycles. The molecule has 4 atom stereocenters. The van der Waals surface area contributed by atoms with E-state index in [4.69, 9.17) is 10.5 Å². The Morgan fingerprint density at radius 3 is 2.65 bits per heavy atom. The molecule has 1 aliphatic rings. The second-order valence-corrected chi connectivity index (χ2v) is 5.06. The molecule has 2 N–H and O–H groups in total. The van der Waals surface area contributed by atoms with E-state index in [-0.39, 0.29) is 12.1 Å². The van der Waals surface area contributed by atoms with Gasteiger partial charge in [-0.2, -0.15) is 0 Å². The van der Waals surface area contributed by atoms with Crippen molar-refractivity contribution in [2.75, 3.05) is 7.11 Å². The van der Waals surface area contributed by atoms with Crippen LogP contribution in [0, 0.1) is 5.92 Å². The molecule has 17 heavy (non-hydrogen) atoms. The molecular weight excluding hydrogens is 210 g/mol. The van der Waals surface area contributed by atoms with Crippen molar-refractivity contribution in [3.05, 3.63) is 35.9 Å². The van der Waals surface area contributed by atoms with Crippen LogP contribution in [0.1, 0.15) is 37.7 Å². The summed E-state index contributed by atoms with van der Waals surface area (Å²) in [5.74, 6) is 1.26. The van der Waals surface area contributed by atoms with Gasteiger partial charge in [0.15, 0.2) is 0 Å². The van der Waals surface area contributed by atoms with Crippen LogP contribution in [0.5, 0.6) is 0 Å². The summed E-state index contributed by atoms with van der Waals surface area (Å²) < 4.78 is 5.51. The van der Waals surface area contributed by atoms with Gasteiger partial charge in [0.1, 0.15) is 0 Å². The lowest BCUT2D eigenvalue weighted by molar-refractivity contribution is 0.0658. The Morgan fingerprint density at radius 1 is 1.35 bits per heavy atom. The number of methoxy groups -OCH3 is 1. The molecule has 0 bridgehead atoms. The molecule has 0 heterocycles. The summed E-state index contributed by atoms with van der Waals surface area (Å²) in [7, 11) is 1.78. The van der Waals surface area contributed by atoms with Crippen LogP contribution in [-0.2, 0) is 4.74 Å². The highest BCUT2D eigenvalue weighted by Crippen LogP contribution is 2.49. The molecule has 2 nitrogen and oxygen atoms in total. The predicted octanol–water partition coefficient (Wildman–Crippen LogP) is 2.93. The van der Waals surface area contributed by atoms with Gasteiger partial charge in [0.25, 0.3) is 0 Å². The molecule has 0 amide bonds. The fraction of sp³-hybridized carbons (Fsp3) is 0.600. The van der Waals surface area contributed by atoms with Crippen LogP contribution in [0.4, 0.5) is 0 Å². The minimum absolute atomic E-state index is 0.185. The van der Waals surface area contributed by atoms with E-state index in [1.165, 1.54) is 12.0 Å². The van der Waals surface area contributed by atoms with Crippen LogP contribution in [0.15, 0.2) is 30.3 Å². The molecule has 1 saturated carbocycles. The quantitative estimate of drug-likeness (QED) is 0.820. The molecule has 4 unspecified atom stereocenters. The summed E-state index contributed by atoms with van der Waals surface area (Å²) in [4.78, 5) is 0. The normalized spacial score (nSPS) is 26.5. The smallest absolute Gasteiger partial charge is 0.0725 e. The fourth-order valence-corrected chi connectivity index (χ4v) is 2.75. The molecule has 1 aliphatic carbocycles. The molecule has 1 aromatic carbocycles. The van der Waals surface area contributed by atoms with E-state index in [1.807, 2.05) is 0 Å². The number of ether oxygens (including phenoxy) is 1. The number of nitrogens with two attached hydrogens (primary N) is 1. The SMILES string of the molecule is CCCC(OC)C(N)C1CC1c1ccccc1. The van der Waals surface area contributed by atoms with Gasteiger partial charge in [-0.25, -0.2) is 0 Å². The Kier molecular flexibility index (Phi) is 4.19. The van der Waals surface area contributed by atoms with Crippen LogP contribution < -0.4 is 5.73 Å². The first-order valence-corrected chi connectivity index (χ1v) is 6.61. The second-order valence-electron chi connectivity index (χ2n) is 5.06. The first-order chi connectivity index (χ1) is 8.27. The van der Waals surface area contributed by atoms with Crippen molar-refractivity contribution in [1.29, 1.82) is 0 Å². The first-order valence-electron chi connectivity index (χ1n) is 6.61. The molecule has 1 fully saturated rings. The molecule has 0 radical (unpaired) electrons. The second kappa shape index (κ2) is 5.65. The molecule has 0 saturated heterocycles. The number of rotatable bonds is 6. The highest BCUT2D eigenvalue weighted by atomic mass is 16.5. The molecule has 2 rings (SSSR count). The van der Waals surface area contributed by atoms with Crippen LogP contribution in [0.25, 0.3) is 0 Å². The van der Waals surface area contributed by atoms with Gasteiger partial charge in [0, 0.05) is 13.2 Å². The van der Waals surface area contributed by atoms with Crippen molar-refractivity contribution >= 4 is 0 Å². The molecule has 94 valence electrons. The third-order valence-corrected chi connectivity index (χ3v) is 3.87. The van der Waals surface area contributed by atoms with Gasteiger partial charge in [-0.05, 0) is 30.2 Å². The summed E-state index contributed by atoms with van der Waals surface area (Å²) >= 11 is 0. The summed E-state index contributed by atoms with van der Waals surface area (Å²) in [6.45, 7) is 2.18. The molecular formula is C15H23NO. The third kappa shape index (κ3) is 2.88. The average molecular weight is 233 g/mol. The lowest BCUT2D eigenvalue weighted by Crippen LogP contribution is -2.38. The van der Waals surface area contributed by atoms with Crippen molar-refractivity contribution in [3.8, 4) is 0 Å². The maximum atomic E-state index is 6.32. The highest BCUT2D eigenvalue weighted by molar-refractivity contribution is 5.26. The first kappa shape index (κ1) is 12.6. The predicted molar refractivity (Wildman–Crippen MR) is 71.0 cm³/mol. The molecule has 0 aromatic heterocycles. The van der Waals surface area contributed by atoms with Gasteiger partial charge in [-0.15, -0.1) is 0 Å². The minimum atomic E-state index is 0.185. The van der Waals surface area contributed by atoms with E-state index in [1.54, 1.807) is 7.11 Å². The van der Waals surface area contributed by atoms with Crippen LogP contribution in [0.2, 0.25) is 0 Å². The van der Waals surface area contributed by atoms with Gasteiger partial charge >= 0.3 is 0 Å². The zero-order valence-electron chi connectivity index (χ0n) is 10.8. The largest absolute Gasteiger partial charge is 0.380 e. The number of benzene rings is 1. The van der Waals surface area contributed by atoms with Crippen molar-refractivity contribution in [2.45, 2.75) is 44.2 Å². The van der Waals surface area contributed by atoms with Gasteiger partial charge < -0.3 is 10.5 Å². The lowest BCUT2D eigenvalue weighted by atomic mass is 9.99. The zero-order valence-corrected chi connectivity index (χ0v) is 10.8. The van der Waals surface area contributed by atoms with Crippen molar-refractivity contribution in [2.24, 2.45) is 11.7 Å². The van der Waals surface area contributed by atoms with Crippen molar-refractivity contribution in [1.82, 2.24) is 0 Å². The monoisotopic (exact) mass is 233 g/mol. The van der Waals surface area contributed by atoms with E-state index in [0.29, 0.717) is 11.8 Å². The number of hydrogen-bond donors (Lipinski definition) is 1. The van der Waals surface area contributed by atoms with E-state index in [0.717, 1.165) is 12.8 Å². The minimum Gasteiger partial charge on any atom is -0.380 e. The summed E-state index contributed by atoms with van der Waals surface area (Å²) in [5.41, 5.74) is 7.75. The Hall–Kier alpha value is -0.860. The standard InChI is InChI=1S/C15H23NO/c1-3-7-14(17-2)15(16)13-10-12(13)11-8-5-4-6-9-11/h4-6,8-9,12-15H,3,7,10,16H2,1-2H3. The van der Waals surface area contributed by atoms with E-state index >= 15 is 0 Å². The van der Waals surface area contributed by atoms with Crippen LogP contribution >= 0.6 is 0 Å². The zero-order chi connectivity index (χ0) is 12.3. The van der Waals surface area contributed by atoms with Gasteiger partial charge in [0.2, 0.25) is 0 Å². The highest BCUT2D eigenvalue weighted by Gasteiger charge is 2.44. The Morgan fingerprint density at radius 2 is 2.06 bits per heavy atom. The summed E-state index contributed by atoms with van der Waals surface area (Å²) in [6.07, 6.45) is 3.64. The third-order valence-electron chi connectivity index (χ3n) is 3.87. The van der Waals surface area contributed by atoms with E-state index < -0.39 is 0 Å². The molecule has 1 aromatic rings. The van der Waals surface area contributed by atoms with Crippen molar-refractivity contribution < 1.29 is 4.74 Å². The van der Waals surface area contributed by atoms with Crippen LogP contribution in [-0.4, -0.2) is 19.3 Å². The maximum absolute atomic E-state index is 6.32. The topological polar surface area (TPSA) is 35.2 Å². The summed E-state index contributed by atoms with van der Waals surface area (Å²) in [6, 6.07) is 10.9. The van der Waals surface area contributed by atoms with Gasteiger partial charge in [0.05, 0.1) is 6.10 Å². The van der Waals surface area contributed by atoms with E-state index in [9.17, 15) is 0 Å². The van der Waals surface area contributed by atoms with Crippen molar-refractivity contribution in [3.63, 3.8) is 0 Å². The van der Waals surface area contributed by atoms with Gasteiger partial charge in [-0.1, -0.05) is 43.7 Å². The average Bonchev–Trinajstić information content (AvgIpc) is 3.16. The Bertz CT molecular complexity index is 338. The molecule has 0 spiro atoms. The Labute approximate surface area is 104 Å². The summed E-state index contributed by atoms with van der Waals surface area (Å²) in [5, 5.41) is 0. The maximum Gasteiger partial charge on any atom is 0.0725 e. The van der Waals surface area contributed by atoms with Crippen LogP contribution in [0.3, 0.4) is 0 Å². The Balaban J connectivity index is 1.93. The lowest BCUT2D eigenvalue weighted by Gasteiger charge is -2.22. The van der Waals surface area contributed by atoms with E-state index in [2.05, 4.69) is 37.3 Å². The fourth-order valence-electron chi connectivity index (χ4n) is 2.75. The number of hydrogen-bond acceptors (Lipinski definition) is 2. The molecule has 2 heteroatoms.